The van der Waals surface area contributed by atoms with Gasteiger partial charge in [0, 0.05) is 47.2 Å². The first-order valence-corrected chi connectivity index (χ1v) is 12.3. The number of nitrogens with zero attached hydrogens (tertiary/aromatic N) is 1. The predicted octanol–water partition coefficient (Wildman–Crippen LogP) is 6.95. The summed E-state index contributed by atoms with van der Waals surface area (Å²) < 4.78 is 44.8. The average molecular weight is 712 g/mol. The second-order valence-electron chi connectivity index (χ2n) is 7.69. The van der Waals surface area contributed by atoms with Crippen LogP contribution < -0.4 is 27.8 Å². The third-order valence-corrected chi connectivity index (χ3v) is 5.66. The molecule has 13 heteroatoms. The van der Waals surface area contributed by atoms with E-state index in [0.717, 1.165) is 37.5 Å². The predicted molar refractivity (Wildman–Crippen MR) is 145 cm³/mol. The number of nitrogens with one attached hydrogen (secondary N) is 1. The van der Waals surface area contributed by atoms with Crippen LogP contribution in [-0.4, -0.2) is 44.3 Å². The third kappa shape index (κ3) is 20.3. The number of halogens is 2. The molecule has 0 heterocycles. The molecule has 1 fully saturated rings. The van der Waals surface area contributed by atoms with Crippen molar-refractivity contribution in [1.82, 2.24) is 10.5 Å². The number of anilines is 2. The van der Waals surface area contributed by atoms with Gasteiger partial charge in [0.2, 0.25) is 0 Å². The zero-order chi connectivity index (χ0) is 25.3. The first kappa shape index (κ1) is 42.4. The maximum Gasteiger partial charge on any atom is 0.252 e. The fourth-order valence-corrected chi connectivity index (χ4v) is 3.13. The smallest absolute Gasteiger partial charge is 0.252 e. The van der Waals surface area contributed by atoms with Crippen LogP contribution in [0.2, 0.25) is 0 Å². The molecule has 1 aromatic rings. The molecule has 10 N–H and O–H groups in total. The number of rotatable bonds is 14. The zero-order valence-corrected chi connectivity index (χ0v) is 26.5. The summed E-state index contributed by atoms with van der Waals surface area (Å²) in [6, 6.07) is 5.07. The van der Waals surface area contributed by atoms with Crippen LogP contribution in [0.3, 0.4) is 0 Å². The maximum atomic E-state index is 14.2. The molecule has 9 nitrogen and oxygen atoms in total. The second kappa shape index (κ2) is 24.6. The number of unbranched alkanes of at least 4 members (excludes halogenated alkanes) is 1. The molecule has 0 saturated heterocycles. The summed E-state index contributed by atoms with van der Waals surface area (Å²) in [5.74, 6) is 3.37. The Labute approximate surface area is 235 Å². The number of alkyl halides is 2. The number of methoxy groups -OCH3 is 2. The molecule has 0 radical (unpaired) electrons. The van der Waals surface area contributed by atoms with Crippen LogP contribution >= 0.6 is 12.2 Å². The monoisotopic (exact) mass is 711 g/mol. The van der Waals surface area contributed by atoms with Crippen LogP contribution in [0.25, 0.3) is 6.15 Å². The van der Waals surface area contributed by atoms with Gasteiger partial charge in [0.05, 0.1) is 24.9 Å². The molecule has 0 amide bonds. The SMILES string of the molecule is CC.CCN(C)SON.COc1ccc(N)c(NC(CC(F)(F)CCCCC2CC2)OC)c1.N.[NH2-].[W]. The topological polar surface area (TPSA) is 164 Å². The summed E-state index contributed by atoms with van der Waals surface area (Å²) in [7, 11) is 4.85. The van der Waals surface area contributed by atoms with Gasteiger partial charge in [-0.3, -0.25) is 0 Å². The fourth-order valence-electron chi connectivity index (χ4n) is 2.88. The summed E-state index contributed by atoms with van der Waals surface area (Å²) in [4.78, 5) is 0. The molecule has 0 spiro atoms. The van der Waals surface area contributed by atoms with Crippen LogP contribution in [0.4, 0.5) is 20.2 Å². The molecular formula is C23H49F2N6O3SW-. The van der Waals surface area contributed by atoms with Crippen LogP contribution in [0.5, 0.6) is 5.75 Å². The molecule has 0 aliphatic heterocycles. The molecule has 36 heavy (non-hydrogen) atoms. The Balaban J connectivity index is -0.000000371. The Morgan fingerprint density at radius 1 is 1.22 bits per heavy atom. The minimum atomic E-state index is -2.76. The van der Waals surface area contributed by atoms with E-state index in [2.05, 4.69) is 9.60 Å². The molecule has 0 bridgehead atoms. The maximum absolute atomic E-state index is 14.2. The second-order valence-corrected chi connectivity index (χ2v) is 8.65. The normalized spacial score (nSPS) is 12.8. The van der Waals surface area contributed by atoms with E-state index in [1.54, 1.807) is 25.3 Å². The van der Waals surface area contributed by atoms with E-state index in [1.165, 1.54) is 20.0 Å². The first-order valence-electron chi connectivity index (χ1n) is 11.6. The summed E-state index contributed by atoms with van der Waals surface area (Å²) in [6.45, 7) is 6.95. The minimum Gasteiger partial charge on any atom is -0.693 e. The molecule has 1 atom stereocenters. The Morgan fingerprint density at radius 2 is 1.83 bits per heavy atom. The molecule has 1 aromatic carbocycles. The number of nitrogen functional groups attached to an aromatic ring is 1. The fraction of sp³-hybridized carbons (Fsp3) is 0.739. The molecule has 0 aromatic heterocycles. The van der Waals surface area contributed by atoms with Crippen molar-refractivity contribution < 1.29 is 43.6 Å². The van der Waals surface area contributed by atoms with E-state index in [1.807, 2.05) is 32.1 Å². The molecule has 2 rings (SSSR count). The van der Waals surface area contributed by atoms with Gasteiger partial charge in [-0.2, -0.15) is 0 Å². The summed E-state index contributed by atoms with van der Waals surface area (Å²) in [5.41, 5.74) is 6.88. The van der Waals surface area contributed by atoms with E-state index in [0.29, 0.717) is 23.5 Å². The van der Waals surface area contributed by atoms with E-state index in [9.17, 15) is 8.78 Å². The van der Waals surface area contributed by atoms with Crippen molar-refractivity contribution in [3.8, 4) is 5.75 Å². The van der Waals surface area contributed by atoms with Gasteiger partial charge in [0.1, 0.15) is 24.2 Å². The average Bonchev–Trinajstić information content (AvgIpc) is 3.64. The van der Waals surface area contributed by atoms with Crippen molar-refractivity contribution in [1.29, 1.82) is 0 Å². The molecule has 1 unspecified atom stereocenters. The van der Waals surface area contributed by atoms with Crippen LogP contribution in [0.15, 0.2) is 18.2 Å². The number of benzene rings is 1. The Kier molecular flexibility index (Phi) is 29.0. The van der Waals surface area contributed by atoms with Crippen molar-refractivity contribution in [3.05, 3.63) is 24.3 Å². The van der Waals surface area contributed by atoms with Crippen LogP contribution in [-0.2, 0) is 30.1 Å². The van der Waals surface area contributed by atoms with E-state index in [4.69, 9.17) is 21.1 Å². The Bertz CT molecular complexity index is 638. The Morgan fingerprint density at radius 3 is 2.28 bits per heavy atom. The minimum absolute atomic E-state index is 0. The molecule has 216 valence electrons. The molecule has 1 saturated carbocycles. The van der Waals surface area contributed by atoms with E-state index < -0.39 is 12.2 Å². The first-order chi connectivity index (χ1) is 15.7. The van der Waals surface area contributed by atoms with Gasteiger partial charge in [0.25, 0.3) is 5.92 Å². The van der Waals surface area contributed by atoms with E-state index in [-0.39, 0.29) is 46.2 Å². The summed E-state index contributed by atoms with van der Waals surface area (Å²) in [6.07, 6.45) is 3.77. The van der Waals surface area contributed by atoms with Gasteiger partial charge in [-0.05, 0) is 31.5 Å². The van der Waals surface area contributed by atoms with Crippen molar-refractivity contribution in [2.75, 3.05) is 38.9 Å². The molecular weight excluding hydrogens is 662 g/mol. The van der Waals surface area contributed by atoms with Gasteiger partial charge >= 0.3 is 0 Å². The van der Waals surface area contributed by atoms with Crippen molar-refractivity contribution in [2.45, 2.75) is 77.9 Å². The Hall–Kier alpha value is -0.722. The van der Waals surface area contributed by atoms with Crippen molar-refractivity contribution in [3.63, 3.8) is 0 Å². The standard InChI is InChI=1S/C18H28F2N2O2.C3H10N2OS.C2H6.H3N.H2N.W/c1-23-14-8-9-15(21)16(11-14)22-17(24-2)12-18(19,20)10-4-3-5-13-6-7-13;1-3-5(2)7-6-4;1-2;;;/h8-9,11,13,17,22H,3-7,10,12,21H2,1-2H3;3-4H2,1-2H3;1-2H3;1H3;1H2;/q;;;;-1;. The number of hydrogen-bond acceptors (Lipinski definition) is 9. The molecule has 1 aliphatic carbocycles. The van der Waals surface area contributed by atoms with Crippen molar-refractivity contribution >= 4 is 23.6 Å². The number of hydrogen-bond donors (Lipinski definition) is 4. The van der Waals surface area contributed by atoms with Crippen LogP contribution in [0, 0.1) is 5.92 Å². The van der Waals surface area contributed by atoms with Crippen LogP contribution in [0.1, 0.15) is 65.7 Å². The molecule has 1 aliphatic rings. The van der Waals surface area contributed by atoms with Crippen molar-refractivity contribution in [2.24, 2.45) is 11.8 Å². The largest absolute Gasteiger partial charge is 0.693 e. The quantitative estimate of drug-likeness (QED) is 0.0399. The van der Waals surface area contributed by atoms with E-state index >= 15 is 0 Å². The summed E-state index contributed by atoms with van der Waals surface area (Å²) >= 11 is 1.14. The zero-order valence-electron chi connectivity index (χ0n) is 22.7. The van der Waals surface area contributed by atoms with Gasteiger partial charge < -0.3 is 32.8 Å². The van der Waals surface area contributed by atoms with Gasteiger partial charge in [-0.1, -0.05) is 46.5 Å². The van der Waals surface area contributed by atoms with Gasteiger partial charge in [-0.15, -0.1) is 0 Å². The summed E-state index contributed by atoms with van der Waals surface area (Å²) in [5, 5.41) is 2.94. The van der Waals surface area contributed by atoms with Gasteiger partial charge in [-0.25, -0.2) is 23.3 Å². The number of ether oxygens (including phenoxy) is 2. The third-order valence-electron chi connectivity index (χ3n) is 5.06. The number of nitrogens with two attached hydrogens (primary N) is 3. The van der Waals surface area contributed by atoms with Gasteiger partial charge in [0.15, 0.2) is 0 Å².